The third-order valence-corrected chi connectivity index (χ3v) is 1.62. The Morgan fingerprint density at radius 1 is 1.58 bits per heavy atom. The molecule has 0 aliphatic heterocycles. The summed E-state index contributed by atoms with van der Waals surface area (Å²) in [5.41, 5.74) is -0.464. The molecule has 0 fully saturated rings. The van der Waals surface area contributed by atoms with E-state index in [2.05, 4.69) is 5.32 Å². The summed E-state index contributed by atoms with van der Waals surface area (Å²) in [4.78, 5) is 10.3. The molecule has 0 unspecified atom stereocenters. The zero-order valence-corrected chi connectivity index (χ0v) is 7.79. The molecule has 0 aromatic rings. The van der Waals surface area contributed by atoms with E-state index in [-0.39, 0.29) is 12.5 Å². The molecule has 0 aromatic carbocycles. The van der Waals surface area contributed by atoms with E-state index >= 15 is 0 Å². The second-order valence-corrected chi connectivity index (χ2v) is 3.81. The second-order valence-electron chi connectivity index (χ2n) is 3.81. The zero-order chi connectivity index (χ0) is 9.78. The fourth-order valence-electron chi connectivity index (χ4n) is 1.28. The van der Waals surface area contributed by atoms with Crippen LogP contribution in [0.1, 0.15) is 27.2 Å². The van der Waals surface area contributed by atoms with Crippen LogP contribution in [0.15, 0.2) is 0 Å². The third kappa shape index (κ3) is 4.96. The molecule has 1 amide bonds. The molecule has 4 heteroatoms. The smallest absolute Gasteiger partial charge is 0.405 e. The van der Waals surface area contributed by atoms with Crippen molar-refractivity contribution in [1.29, 1.82) is 0 Å². The largest absolute Gasteiger partial charge is 0.465 e. The summed E-state index contributed by atoms with van der Waals surface area (Å²) in [6.07, 6.45) is -0.388. The van der Waals surface area contributed by atoms with Crippen LogP contribution >= 0.6 is 0 Å². The average Bonchev–Trinajstić information content (AvgIpc) is 1.83. The predicted molar refractivity (Wildman–Crippen MR) is 46.1 cm³/mol. The average molecular weight is 175 g/mol. The predicted octanol–water partition coefficient (Wildman–Crippen LogP) is 1.05. The summed E-state index contributed by atoms with van der Waals surface area (Å²) >= 11 is 0. The van der Waals surface area contributed by atoms with Crippen LogP contribution in [0.2, 0.25) is 0 Å². The molecule has 4 nitrogen and oxygen atoms in total. The maximum Gasteiger partial charge on any atom is 0.405 e. The van der Waals surface area contributed by atoms with Crippen molar-refractivity contribution >= 4 is 6.09 Å². The summed E-state index contributed by atoms with van der Waals surface area (Å²) < 4.78 is 0. The van der Waals surface area contributed by atoms with Gasteiger partial charge in [-0.2, -0.15) is 0 Å². The van der Waals surface area contributed by atoms with Gasteiger partial charge >= 0.3 is 6.09 Å². The Morgan fingerprint density at radius 3 is 2.42 bits per heavy atom. The van der Waals surface area contributed by atoms with Gasteiger partial charge < -0.3 is 15.5 Å². The maximum atomic E-state index is 10.3. The van der Waals surface area contributed by atoms with Crippen molar-refractivity contribution in [3.63, 3.8) is 0 Å². The monoisotopic (exact) mass is 175 g/mol. The standard InChI is InChI=1S/C8H17NO3/c1-6(5-10)4-8(2,3)9-7(11)12/h6,9-10H,4-5H2,1-3H3,(H,11,12)/t6-/m0/s1. The molecule has 0 aliphatic rings. The first-order chi connectivity index (χ1) is 5.37. The number of amides is 1. The first-order valence-corrected chi connectivity index (χ1v) is 3.99. The molecule has 0 bridgehead atoms. The van der Waals surface area contributed by atoms with Gasteiger partial charge in [0.2, 0.25) is 0 Å². The van der Waals surface area contributed by atoms with Gasteiger partial charge in [0.1, 0.15) is 0 Å². The molecule has 0 heterocycles. The van der Waals surface area contributed by atoms with Crippen LogP contribution in [-0.2, 0) is 0 Å². The highest BCUT2D eigenvalue weighted by Gasteiger charge is 2.22. The number of rotatable bonds is 4. The molecule has 0 spiro atoms. The minimum absolute atomic E-state index is 0.0880. The first kappa shape index (κ1) is 11.2. The lowest BCUT2D eigenvalue weighted by atomic mass is 9.92. The second kappa shape index (κ2) is 4.30. The molecular weight excluding hydrogens is 158 g/mol. The topological polar surface area (TPSA) is 69.6 Å². The number of nitrogens with one attached hydrogen (secondary N) is 1. The van der Waals surface area contributed by atoms with Crippen LogP contribution in [0.5, 0.6) is 0 Å². The van der Waals surface area contributed by atoms with Gasteiger partial charge in [-0.1, -0.05) is 6.92 Å². The molecule has 0 rings (SSSR count). The minimum atomic E-state index is -1.02. The van der Waals surface area contributed by atoms with Crippen LogP contribution in [0.25, 0.3) is 0 Å². The van der Waals surface area contributed by atoms with E-state index in [1.165, 1.54) is 0 Å². The fourth-order valence-corrected chi connectivity index (χ4v) is 1.28. The minimum Gasteiger partial charge on any atom is -0.465 e. The van der Waals surface area contributed by atoms with E-state index in [1.807, 2.05) is 6.92 Å². The SMILES string of the molecule is C[C@H](CO)CC(C)(C)NC(=O)O. The molecule has 0 saturated carbocycles. The maximum absolute atomic E-state index is 10.3. The molecule has 0 saturated heterocycles. The van der Waals surface area contributed by atoms with Crippen LogP contribution in [0.4, 0.5) is 4.79 Å². The van der Waals surface area contributed by atoms with Crippen LogP contribution in [0.3, 0.4) is 0 Å². The van der Waals surface area contributed by atoms with Gasteiger partial charge in [-0.05, 0) is 26.2 Å². The Balaban J connectivity index is 3.94. The van der Waals surface area contributed by atoms with Crippen molar-refractivity contribution in [2.45, 2.75) is 32.7 Å². The van der Waals surface area contributed by atoms with Gasteiger partial charge in [-0.25, -0.2) is 4.79 Å². The lowest BCUT2D eigenvalue weighted by molar-refractivity contribution is 0.165. The van der Waals surface area contributed by atoms with E-state index in [4.69, 9.17) is 10.2 Å². The van der Waals surface area contributed by atoms with Gasteiger partial charge in [-0.3, -0.25) is 0 Å². The van der Waals surface area contributed by atoms with E-state index in [9.17, 15) is 4.79 Å². The van der Waals surface area contributed by atoms with Crippen molar-refractivity contribution in [2.24, 2.45) is 5.92 Å². The highest BCUT2D eigenvalue weighted by atomic mass is 16.4. The normalized spacial score (nSPS) is 14.0. The Morgan fingerprint density at radius 2 is 2.08 bits per heavy atom. The van der Waals surface area contributed by atoms with Crippen molar-refractivity contribution in [2.75, 3.05) is 6.61 Å². The summed E-state index contributed by atoms with van der Waals surface area (Å²) in [6.45, 7) is 5.57. The van der Waals surface area contributed by atoms with Gasteiger partial charge in [0.15, 0.2) is 0 Å². The summed E-state index contributed by atoms with van der Waals surface area (Å²) in [7, 11) is 0. The van der Waals surface area contributed by atoms with Crippen molar-refractivity contribution < 1.29 is 15.0 Å². The Bertz CT molecular complexity index is 156. The molecular formula is C8H17NO3. The number of aliphatic hydroxyl groups excluding tert-OH is 1. The fraction of sp³-hybridized carbons (Fsp3) is 0.875. The summed E-state index contributed by atoms with van der Waals surface area (Å²) in [5, 5.41) is 19.6. The molecule has 0 aromatic heterocycles. The van der Waals surface area contributed by atoms with Crippen LogP contribution < -0.4 is 5.32 Å². The van der Waals surface area contributed by atoms with Gasteiger partial charge in [0.25, 0.3) is 0 Å². The zero-order valence-electron chi connectivity index (χ0n) is 7.79. The van der Waals surface area contributed by atoms with E-state index in [0.29, 0.717) is 6.42 Å². The van der Waals surface area contributed by atoms with E-state index in [1.54, 1.807) is 13.8 Å². The van der Waals surface area contributed by atoms with Crippen molar-refractivity contribution in [3.8, 4) is 0 Å². The quantitative estimate of drug-likeness (QED) is 0.598. The molecule has 12 heavy (non-hydrogen) atoms. The molecule has 3 N–H and O–H groups in total. The van der Waals surface area contributed by atoms with Crippen molar-refractivity contribution in [1.82, 2.24) is 5.32 Å². The Kier molecular flexibility index (Phi) is 4.03. The number of carboxylic acid groups (broad SMARTS) is 1. The van der Waals surface area contributed by atoms with E-state index in [0.717, 1.165) is 0 Å². The molecule has 0 radical (unpaired) electrons. The highest BCUT2D eigenvalue weighted by Crippen LogP contribution is 2.15. The molecule has 0 aliphatic carbocycles. The first-order valence-electron chi connectivity index (χ1n) is 3.99. The molecule has 72 valence electrons. The summed E-state index contributed by atoms with van der Waals surface area (Å²) in [6, 6.07) is 0. The molecule has 1 atom stereocenters. The summed E-state index contributed by atoms with van der Waals surface area (Å²) in [5.74, 6) is 0.117. The lowest BCUT2D eigenvalue weighted by Crippen LogP contribution is -2.44. The van der Waals surface area contributed by atoms with E-state index < -0.39 is 11.6 Å². The third-order valence-electron chi connectivity index (χ3n) is 1.62. The number of hydrogen-bond donors (Lipinski definition) is 3. The number of carbonyl (C=O) groups is 1. The highest BCUT2D eigenvalue weighted by molar-refractivity contribution is 5.65. The van der Waals surface area contributed by atoms with Gasteiger partial charge in [0, 0.05) is 12.1 Å². The van der Waals surface area contributed by atoms with Crippen LogP contribution in [0, 0.1) is 5.92 Å². The lowest BCUT2D eigenvalue weighted by Gasteiger charge is -2.27. The Hall–Kier alpha value is -0.770. The van der Waals surface area contributed by atoms with Gasteiger partial charge in [0.05, 0.1) is 0 Å². The van der Waals surface area contributed by atoms with Crippen LogP contribution in [-0.4, -0.2) is 28.5 Å². The van der Waals surface area contributed by atoms with Gasteiger partial charge in [-0.15, -0.1) is 0 Å². The number of hydrogen-bond acceptors (Lipinski definition) is 2. The number of aliphatic hydroxyl groups is 1. The van der Waals surface area contributed by atoms with Crippen molar-refractivity contribution in [3.05, 3.63) is 0 Å². The Labute approximate surface area is 72.6 Å².